The van der Waals surface area contributed by atoms with E-state index in [0.29, 0.717) is 0 Å². The molecular formula is C16H21N3S. The van der Waals surface area contributed by atoms with Crippen molar-refractivity contribution in [1.29, 1.82) is 0 Å². The summed E-state index contributed by atoms with van der Waals surface area (Å²) in [4.78, 5) is 11.7. The van der Waals surface area contributed by atoms with Gasteiger partial charge in [0.25, 0.3) is 0 Å². The van der Waals surface area contributed by atoms with E-state index in [9.17, 15) is 0 Å². The van der Waals surface area contributed by atoms with Gasteiger partial charge in [0.2, 0.25) is 0 Å². The molecule has 0 saturated carbocycles. The number of likely N-dealkylation sites (tertiary alicyclic amines) is 1. The summed E-state index contributed by atoms with van der Waals surface area (Å²) in [6, 6.07) is 6.47. The molecule has 0 spiro atoms. The molecular weight excluding hydrogens is 266 g/mol. The molecule has 1 aromatic heterocycles. The number of rotatable bonds is 4. The SMILES string of the molecule is Cc1cccc2c(SCCN=C3CCCN3C)c[nH]c12. The van der Waals surface area contributed by atoms with E-state index < -0.39 is 0 Å². The molecule has 4 heteroatoms. The molecule has 0 unspecified atom stereocenters. The average Bonchev–Trinajstić information content (AvgIpc) is 3.03. The van der Waals surface area contributed by atoms with Crippen LogP contribution in [0.3, 0.4) is 0 Å². The monoisotopic (exact) mass is 287 g/mol. The summed E-state index contributed by atoms with van der Waals surface area (Å²) in [5.74, 6) is 2.32. The molecule has 0 aliphatic carbocycles. The molecule has 3 nitrogen and oxygen atoms in total. The van der Waals surface area contributed by atoms with E-state index in [-0.39, 0.29) is 0 Å². The van der Waals surface area contributed by atoms with Gasteiger partial charge >= 0.3 is 0 Å². The number of aromatic amines is 1. The third-order valence-corrected chi connectivity index (χ3v) is 4.90. The lowest BCUT2D eigenvalue weighted by atomic mass is 10.2. The molecule has 1 N–H and O–H groups in total. The largest absolute Gasteiger partial charge is 0.363 e. The highest BCUT2D eigenvalue weighted by Gasteiger charge is 2.13. The normalized spacial score (nSPS) is 17.5. The zero-order valence-electron chi connectivity index (χ0n) is 12.1. The minimum atomic E-state index is 0.906. The summed E-state index contributed by atoms with van der Waals surface area (Å²) in [6.45, 7) is 4.21. The standard InChI is InChI=1S/C16H21N3S/c1-12-5-3-6-13-14(11-18-16(12)13)20-10-8-17-15-7-4-9-19(15)2/h3,5-6,11,18H,4,7-10H2,1-2H3. The lowest BCUT2D eigenvalue weighted by Gasteiger charge is -2.10. The molecule has 1 aliphatic rings. The summed E-state index contributed by atoms with van der Waals surface area (Å²) in [5, 5.41) is 1.33. The Balaban J connectivity index is 1.62. The zero-order valence-corrected chi connectivity index (χ0v) is 13.0. The van der Waals surface area contributed by atoms with Gasteiger partial charge in [0.15, 0.2) is 0 Å². The quantitative estimate of drug-likeness (QED) is 0.687. The van der Waals surface area contributed by atoms with Crippen molar-refractivity contribution >= 4 is 28.5 Å². The number of thioether (sulfide) groups is 1. The van der Waals surface area contributed by atoms with Gasteiger partial charge in [0, 0.05) is 47.8 Å². The third-order valence-electron chi connectivity index (χ3n) is 3.86. The van der Waals surface area contributed by atoms with Gasteiger partial charge in [0.05, 0.1) is 12.4 Å². The van der Waals surface area contributed by atoms with E-state index in [0.717, 1.165) is 25.3 Å². The van der Waals surface area contributed by atoms with Gasteiger partial charge in [0.1, 0.15) is 0 Å². The van der Waals surface area contributed by atoms with Gasteiger partial charge in [-0.15, -0.1) is 11.8 Å². The van der Waals surface area contributed by atoms with Crippen molar-refractivity contribution in [3.63, 3.8) is 0 Å². The lowest BCUT2D eigenvalue weighted by molar-refractivity contribution is 0.548. The van der Waals surface area contributed by atoms with Crippen molar-refractivity contribution in [3.8, 4) is 0 Å². The number of nitrogens with one attached hydrogen (secondary N) is 1. The molecule has 20 heavy (non-hydrogen) atoms. The molecule has 1 fully saturated rings. The fourth-order valence-electron chi connectivity index (χ4n) is 2.72. The van der Waals surface area contributed by atoms with Gasteiger partial charge in [-0.1, -0.05) is 18.2 Å². The predicted molar refractivity (Wildman–Crippen MR) is 87.9 cm³/mol. The van der Waals surface area contributed by atoms with Crippen LogP contribution in [-0.4, -0.2) is 41.6 Å². The molecule has 0 radical (unpaired) electrons. The van der Waals surface area contributed by atoms with Crippen LogP contribution >= 0.6 is 11.8 Å². The van der Waals surface area contributed by atoms with Crippen molar-refractivity contribution in [3.05, 3.63) is 30.0 Å². The predicted octanol–water partition coefficient (Wildman–Crippen LogP) is 3.69. The first-order valence-electron chi connectivity index (χ1n) is 7.19. The van der Waals surface area contributed by atoms with Crippen LogP contribution in [-0.2, 0) is 0 Å². The first kappa shape index (κ1) is 13.6. The van der Waals surface area contributed by atoms with Crippen LogP contribution in [0.2, 0.25) is 0 Å². The fourth-order valence-corrected chi connectivity index (χ4v) is 3.59. The van der Waals surface area contributed by atoms with Crippen molar-refractivity contribution in [2.24, 2.45) is 4.99 Å². The Kier molecular flexibility index (Phi) is 4.01. The second-order valence-corrected chi connectivity index (χ2v) is 6.46. The maximum Gasteiger partial charge on any atom is 0.0987 e. The van der Waals surface area contributed by atoms with E-state index in [2.05, 4.69) is 48.3 Å². The molecule has 1 saturated heterocycles. The van der Waals surface area contributed by atoms with Crippen LogP contribution in [0.25, 0.3) is 10.9 Å². The summed E-state index contributed by atoms with van der Waals surface area (Å²) in [5.41, 5.74) is 2.57. The molecule has 3 rings (SSSR count). The molecule has 1 aromatic carbocycles. The molecule has 0 amide bonds. The number of hydrogen-bond donors (Lipinski definition) is 1. The smallest absolute Gasteiger partial charge is 0.0987 e. The Morgan fingerprint density at radius 1 is 1.40 bits per heavy atom. The van der Waals surface area contributed by atoms with Crippen molar-refractivity contribution in [1.82, 2.24) is 9.88 Å². The number of aliphatic imine (C=N–C) groups is 1. The van der Waals surface area contributed by atoms with Crippen LogP contribution in [0, 0.1) is 6.92 Å². The maximum atomic E-state index is 4.71. The number of fused-ring (bicyclic) bond motifs is 1. The number of hydrogen-bond acceptors (Lipinski definition) is 2. The number of nitrogens with zero attached hydrogens (tertiary/aromatic N) is 2. The fraction of sp³-hybridized carbons (Fsp3) is 0.438. The third kappa shape index (κ3) is 2.70. The van der Waals surface area contributed by atoms with Gasteiger partial charge in [-0.25, -0.2) is 0 Å². The Morgan fingerprint density at radius 2 is 2.30 bits per heavy atom. The minimum absolute atomic E-state index is 0.906. The average molecular weight is 287 g/mol. The van der Waals surface area contributed by atoms with Crippen LogP contribution in [0.15, 0.2) is 34.3 Å². The second-order valence-electron chi connectivity index (χ2n) is 5.32. The zero-order chi connectivity index (χ0) is 13.9. The molecule has 1 aliphatic heterocycles. The summed E-state index contributed by atoms with van der Waals surface area (Å²) >= 11 is 1.89. The number of aromatic nitrogens is 1. The van der Waals surface area contributed by atoms with E-state index in [4.69, 9.17) is 4.99 Å². The number of para-hydroxylation sites is 1. The van der Waals surface area contributed by atoms with Gasteiger partial charge < -0.3 is 9.88 Å². The first-order valence-corrected chi connectivity index (χ1v) is 8.18. The van der Waals surface area contributed by atoms with Crippen LogP contribution in [0.1, 0.15) is 18.4 Å². The number of aryl methyl sites for hydroxylation is 1. The van der Waals surface area contributed by atoms with Crippen molar-refractivity contribution < 1.29 is 0 Å². The highest BCUT2D eigenvalue weighted by Crippen LogP contribution is 2.29. The topological polar surface area (TPSA) is 31.4 Å². The second kappa shape index (κ2) is 5.92. The molecule has 0 bridgehead atoms. The Hall–Kier alpha value is -1.42. The summed E-state index contributed by atoms with van der Waals surface area (Å²) in [6.07, 6.45) is 4.52. The van der Waals surface area contributed by atoms with Crippen molar-refractivity contribution in [2.45, 2.75) is 24.7 Å². The van der Waals surface area contributed by atoms with Gasteiger partial charge in [-0.05, 0) is 18.9 Å². The number of benzene rings is 1. The first-order chi connectivity index (χ1) is 9.75. The van der Waals surface area contributed by atoms with E-state index in [1.807, 2.05) is 11.8 Å². The van der Waals surface area contributed by atoms with E-state index in [1.54, 1.807) is 0 Å². The molecule has 2 aromatic rings. The molecule has 2 heterocycles. The Morgan fingerprint density at radius 3 is 3.10 bits per heavy atom. The maximum absolute atomic E-state index is 4.71. The molecule has 0 atom stereocenters. The van der Waals surface area contributed by atoms with Crippen LogP contribution in [0.4, 0.5) is 0 Å². The number of H-pyrrole nitrogens is 1. The number of amidine groups is 1. The van der Waals surface area contributed by atoms with E-state index in [1.165, 1.54) is 33.6 Å². The Bertz CT molecular complexity index is 630. The Labute approximate surface area is 124 Å². The van der Waals surface area contributed by atoms with Gasteiger partial charge in [-0.3, -0.25) is 4.99 Å². The van der Waals surface area contributed by atoms with E-state index >= 15 is 0 Å². The lowest BCUT2D eigenvalue weighted by Crippen LogP contribution is -2.19. The highest BCUT2D eigenvalue weighted by molar-refractivity contribution is 7.99. The molecule has 106 valence electrons. The van der Waals surface area contributed by atoms with Gasteiger partial charge in [-0.2, -0.15) is 0 Å². The summed E-state index contributed by atoms with van der Waals surface area (Å²) < 4.78 is 0. The minimum Gasteiger partial charge on any atom is -0.363 e. The van der Waals surface area contributed by atoms with Crippen LogP contribution in [0.5, 0.6) is 0 Å². The highest BCUT2D eigenvalue weighted by atomic mass is 32.2. The van der Waals surface area contributed by atoms with Crippen molar-refractivity contribution in [2.75, 3.05) is 25.9 Å². The summed E-state index contributed by atoms with van der Waals surface area (Å²) in [7, 11) is 2.14. The van der Waals surface area contributed by atoms with Crippen LogP contribution < -0.4 is 0 Å².